The van der Waals surface area contributed by atoms with Crippen LogP contribution in [0.1, 0.15) is 12.8 Å². The molecule has 0 amide bonds. The van der Waals surface area contributed by atoms with E-state index in [1.807, 2.05) is 0 Å². The van der Waals surface area contributed by atoms with Gasteiger partial charge in [0.15, 0.2) is 0 Å². The van der Waals surface area contributed by atoms with Crippen LogP contribution in [0.3, 0.4) is 0 Å². The number of hydrogen-bond donors (Lipinski definition) is 2. The average molecular weight is 103 g/mol. The van der Waals surface area contributed by atoms with Crippen LogP contribution in [0.25, 0.3) is 0 Å². The molecule has 0 heterocycles. The molecule has 0 radical (unpaired) electrons. The molecule has 0 aromatic carbocycles. The Morgan fingerprint density at radius 3 is 2.29 bits per heavy atom. The van der Waals surface area contributed by atoms with Crippen LogP contribution in [0.4, 0.5) is 0 Å². The summed E-state index contributed by atoms with van der Waals surface area (Å²) in [5.74, 6) is 4.78. The summed E-state index contributed by atoms with van der Waals surface area (Å²) in [4.78, 5) is 4.40. The largest absolute Gasteiger partial charge is 0.393 e. The fourth-order valence-corrected chi connectivity index (χ4v) is 0.649. The molecular weight excluding hydrogens is 94.0 g/mol. The third kappa shape index (κ3) is 0.907. The minimum Gasteiger partial charge on any atom is -0.393 e. The molecule has 1 aliphatic rings. The lowest BCUT2D eigenvalue weighted by Crippen LogP contribution is -2.36. The molecule has 1 fully saturated rings. The molecule has 7 heavy (non-hydrogen) atoms. The third-order valence-electron chi connectivity index (χ3n) is 1.26. The molecule has 1 rings (SSSR count). The van der Waals surface area contributed by atoms with Gasteiger partial charge in [-0.1, -0.05) is 0 Å². The Hall–Kier alpha value is -0.120. The van der Waals surface area contributed by atoms with Gasteiger partial charge in [0.25, 0.3) is 0 Å². The molecule has 0 unspecified atom stereocenters. The average Bonchev–Trinajstić information content (AvgIpc) is 1.58. The number of aliphatic hydroxyl groups excluding tert-OH is 1. The van der Waals surface area contributed by atoms with Crippen molar-refractivity contribution in [3.05, 3.63) is 0 Å². The molecule has 0 aliphatic heterocycles. The first kappa shape index (κ1) is 5.03. The maximum Gasteiger partial charge on any atom is 0.0836 e. The lowest BCUT2D eigenvalue weighted by atomic mass is 9.93. The fourth-order valence-electron chi connectivity index (χ4n) is 0.649. The highest BCUT2D eigenvalue weighted by Gasteiger charge is 2.26. The lowest BCUT2D eigenvalue weighted by molar-refractivity contribution is -0.0724. The van der Waals surface area contributed by atoms with E-state index in [0.717, 1.165) is 0 Å². The molecule has 1 saturated carbocycles. The Kier molecular flexibility index (Phi) is 1.27. The van der Waals surface area contributed by atoms with Gasteiger partial charge < -0.3 is 9.94 Å². The number of hydrogen-bond acceptors (Lipinski definition) is 3. The zero-order valence-electron chi connectivity index (χ0n) is 4.00. The second-order valence-electron chi connectivity index (χ2n) is 1.88. The first-order chi connectivity index (χ1) is 3.33. The van der Waals surface area contributed by atoms with E-state index in [-0.39, 0.29) is 12.2 Å². The van der Waals surface area contributed by atoms with Crippen molar-refractivity contribution in [3.8, 4) is 0 Å². The predicted octanol–water partition coefficient (Wildman–Crippen LogP) is -0.600. The predicted molar refractivity (Wildman–Crippen MR) is 24.3 cm³/mol. The van der Waals surface area contributed by atoms with Crippen LogP contribution in [-0.2, 0) is 4.84 Å². The van der Waals surface area contributed by atoms with Crippen LogP contribution in [0, 0.1) is 0 Å². The lowest BCUT2D eigenvalue weighted by Gasteiger charge is -2.28. The van der Waals surface area contributed by atoms with Crippen LogP contribution >= 0.6 is 0 Å². The Bertz CT molecular complexity index is 60.7. The van der Waals surface area contributed by atoms with Gasteiger partial charge in [0, 0.05) is 12.8 Å². The SMILES string of the molecule is NOC1CC(O)C1. The smallest absolute Gasteiger partial charge is 0.0836 e. The van der Waals surface area contributed by atoms with Crippen molar-refractivity contribution in [2.24, 2.45) is 5.90 Å². The molecule has 0 saturated heterocycles. The highest BCUT2D eigenvalue weighted by molar-refractivity contribution is 4.77. The second kappa shape index (κ2) is 1.78. The molecule has 3 heteroatoms. The first-order valence-corrected chi connectivity index (χ1v) is 2.36. The summed E-state index contributed by atoms with van der Waals surface area (Å²) in [5.41, 5.74) is 0. The summed E-state index contributed by atoms with van der Waals surface area (Å²) in [5, 5.41) is 8.61. The first-order valence-electron chi connectivity index (χ1n) is 2.36. The Balaban J connectivity index is 2.06. The monoisotopic (exact) mass is 103 g/mol. The van der Waals surface area contributed by atoms with Gasteiger partial charge in [0.1, 0.15) is 0 Å². The Labute approximate surface area is 42.0 Å². The van der Waals surface area contributed by atoms with Crippen LogP contribution in [0.15, 0.2) is 0 Å². The minimum atomic E-state index is -0.159. The van der Waals surface area contributed by atoms with Gasteiger partial charge in [-0.2, -0.15) is 0 Å². The van der Waals surface area contributed by atoms with Crippen molar-refractivity contribution in [1.29, 1.82) is 0 Å². The van der Waals surface area contributed by atoms with Gasteiger partial charge >= 0.3 is 0 Å². The zero-order valence-corrected chi connectivity index (χ0v) is 4.00. The van der Waals surface area contributed by atoms with Crippen molar-refractivity contribution in [2.45, 2.75) is 25.0 Å². The summed E-state index contributed by atoms with van der Waals surface area (Å²) in [7, 11) is 0. The van der Waals surface area contributed by atoms with E-state index in [1.165, 1.54) is 0 Å². The number of nitrogens with two attached hydrogens (primary N) is 1. The summed E-state index contributed by atoms with van der Waals surface area (Å²) in [6.45, 7) is 0. The second-order valence-corrected chi connectivity index (χ2v) is 1.88. The zero-order chi connectivity index (χ0) is 5.28. The summed E-state index contributed by atoms with van der Waals surface area (Å²) >= 11 is 0. The molecule has 0 bridgehead atoms. The molecule has 3 nitrogen and oxygen atoms in total. The van der Waals surface area contributed by atoms with Gasteiger partial charge in [-0.3, -0.25) is 0 Å². The van der Waals surface area contributed by atoms with Gasteiger partial charge in [-0.15, -0.1) is 0 Å². The van der Waals surface area contributed by atoms with Crippen molar-refractivity contribution in [2.75, 3.05) is 0 Å². The maximum absolute atomic E-state index is 8.61. The summed E-state index contributed by atoms with van der Waals surface area (Å²) in [6, 6.07) is 0. The topological polar surface area (TPSA) is 55.5 Å². The Morgan fingerprint density at radius 2 is 2.14 bits per heavy atom. The standard InChI is InChI=1S/C4H9NO2/c5-7-4-1-3(6)2-4/h3-4,6H,1-2,5H2. The van der Waals surface area contributed by atoms with Gasteiger partial charge in [-0.05, 0) is 0 Å². The summed E-state index contributed by atoms with van der Waals surface area (Å²) in [6.07, 6.45) is 1.37. The molecule has 0 aromatic rings. The third-order valence-corrected chi connectivity index (χ3v) is 1.26. The van der Waals surface area contributed by atoms with E-state index in [0.29, 0.717) is 12.8 Å². The molecule has 0 aromatic heterocycles. The molecule has 42 valence electrons. The summed E-state index contributed by atoms with van der Waals surface area (Å²) < 4.78 is 0. The van der Waals surface area contributed by atoms with E-state index in [2.05, 4.69) is 4.84 Å². The number of aliphatic hydroxyl groups is 1. The van der Waals surface area contributed by atoms with E-state index < -0.39 is 0 Å². The molecule has 3 N–H and O–H groups in total. The fraction of sp³-hybridized carbons (Fsp3) is 1.00. The molecule has 0 spiro atoms. The van der Waals surface area contributed by atoms with Crippen molar-refractivity contribution >= 4 is 0 Å². The van der Waals surface area contributed by atoms with Gasteiger partial charge in [0.05, 0.1) is 12.2 Å². The highest BCUT2D eigenvalue weighted by atomic mass is 16.6. The number of rotatable bonds is 1. The normalized spacial score (nSPS) is 40.3. The van der Waals surface area contributed by atoms with Gasteiger partial charge in [0.2, 0.25) is 0 Å². The minimum absolute atomic E-state index is 0.120. The van der Waals surface area contributed by atoms with Crippen LogP contribution < -0.4 is 5.90 Å². The molecule has 1 aliphatic carbocycles. The molecule has 0 atom stereocenters. The van der Waals surface area contributed by atoms with E-state index in [4.69, 9.17) is 11.0 Å². The van der Waals surface area contributed by atoms with Crippen LogP contribution in [-0.4, -0.2) is 17.3 Å². The maximum atomic E-state index is 8.61. The van der Waals surface area contributed by atoms with Crippen molar-refractivity contribution in [1.82, 2.24) is 0 Å². The van der Waals surface area contributed by atoms with E-state index >= 15 is 0 Å². The molecular formula is C4H9NO2. The highest BCUT2D eigenvalue weighted by Crippen LogP contribution is 2.20. The van der Waals surface area contributed by atoms with Crippen LogP contribution in [0.5, 0.6) is 0 Å². The van der Waals surface area contributed by atoms with Crippen molar-refractivity contribution in [3.63, 3.8) is 0 Å². The Morgan fingerprint density at radius 1 is 1.57 bits per heavy atom. The van der Waals surface area contributed by atoms with E-state index in [1.54, 1.807) is 0 Å². The van der Waals surface area contributed by atoms with Crippen molar-refractivity contribution < 1.29 is 9.94 Å². The van der Waals surface area contributed by atoms with E-state index in [9.17, 15) is 0 Å². The van der Waals surface area contributed by atoms with Gasteiger partial charge in [-0.25, -0.2) is 5.90 Å². The quantitative estimate of drug-likeness (QED) is 0.436. The van der Waals surface area contributed by atoms with Crippen LogP contribution in [0.2, 0.25) is 0 Å².